The Labute approximate surface area is 109 Å². The minimum absolute atomic E-state index is 0.00110. The Hall–Kier alpha value is -2.44. The van der Waals surface area contributed by atoms with Crippen LogP contribution in [0.15, 0.2) is 29.4 Å². The standard InChI is InChI=1S/C12H13N3O4/c1-12(2)7-19-11(16)10(12)14-13-8-3-5-9(6-4-8)15(17)18/h3-6,13H,7H2,1-2H3/b14-10-. The zero-order valence-electron chi connectivity index (χ0n) is 10.5. The summed E-state index contributed by atoms with van der Waals surface area (Å²) >= 11 is 0. The highest BCUT2D eigenvalue weighted by Gasteiger charge is 2.39. The molecule has 1 N–H and O–H groups in total. The maximum absolute atomic E-state index is 11.5. The molecular formula is C12H13N3O4. The molecule has 2 rings (SSSR count). The van der Waals surface area contributed by atoms with Crippen LogP contribution >= 0.6 is 0 Å². The number of hydrogen-bond donors (Lipinski definition) is 1. The second-order valence-corrected chi connectivity index (χ2v) is 4.84. The van der Waals surface area contributed by atoms with Crippen LogP contribution in [0.3, 0.4) is 0 Å². The maximum atomic E-state index is 11.5. The van der Waals surface area contributed by atoms with Crippen molar-refractivity contribution in [2.75, 3.05) is 12.0 Å². The molecule has 0 spiro atoms. The summed E-state index contributed by atoms with van der Waals surface area (Å²) in [6, 6.07) is 5.77. The largest absolute Gasteiger partial charge is 0.460 e. The maximum Gasteiger partial charge on any atom is 0.355 e. The van der Waals surface area contributed by atoms with Gasteiger partial charge in [0.15, 0.2) is 5.71 Å². The number of hydrogen-bond acceptors (Lipinski definition) is 6. The Morgan fingerprint density at radius 3 is 2.47 bits per heavy atom. The van der Waals surface area contributed by atoms with Crippen molar-refractivity contribution in [2.24, 2.45) is 10.5 Å². The molecule has 0 bridgehead atoms. The molecule has 0 atom stereocenters. The number of nitro benzene ring substituents is 1. The molecule has 1 aliphatic rings. The van der Waals surface area contributed by atoms with Crippen LogP contribution in [0.25, 0.3) is 0 Å². The number of cyclic esters (lactones) is 1. The van der Waals surface area contributed by atoms with Gasteiger partial charge < -0.3 is 4.74 Å². The van der Waals surface area contributed by atoms with E-state index in [2.05, 4.69) is 10.5 Å². The van der Waals surface area contributed by atoms with Crippen LogP contribution < -0.4 is 5.43 Å². The topological polar surface area (TPSA) is 93.8 Å². The van der Waals surface area contributed by atoms with Crippen LogP contribution in [0.2, 0.25) is 0 Å². The number of esters is 1. The highest BCUT2D eigenvalue weighted by atomic mass is 16.6. The number of nitrogens with zero attached hydrogens (tertiary/aromatic N) is 2. The summed E-state index contributed by atoms with van der Waals surface area (Å²) < 4.78 is 4.92. The highest BCUT2D eigenvalue weighted by Crippen LogP contribution is 2.25. The minimum atomic E-state index is -0.479. The summed E-state index contributed by atoms with van der Waals surface area (Å²) in [7, 11) is 0. The molecule has 19 heavy (non-hydrogen) atoms. The molecule has 1 aromatic carbocycles. The van der Waals surface area contributed by atoms with E-state index in [1.807, 2.05) is 13.8 Å². The number of hydrazone groups is 1. The predicted molar refractivity (Wildman–Crippen MR) is 68.9 cm³/mol. The summed E-state index contributed by atoms with van der Waals surface area (Å²) in [5.41, 5.74) is 3.14. The molecule has 1 saturated heterocycles. The van der Waals surface area contributed by atoms with Crippen molar-refractivity contribution in [3.05, 3.63) is 34.4 Å². The van der Waals surface area contributed by atoms with Crippen LogP contribution in [0.1, 0.15) is 13.8 Å². The quantitative estimate of drug-likeness (QED) is 0.511. The van der Waals surface area contributed by atoms with E-state index in [0.717, 1.165) is 0 Å². The Morgan fingerprint density at radius 2 is 2.00 bits per heavy atom. The fourth-order valence-corrected chi connectivity index (χ4v) is 1.63. The number of carbonyl (C=O) groups is 1. The van der Waals surface area contributed by atoms with Gasteiger partial charge in [0.05, 0.1) is 16.0 Å². The molecule has 0 unspecified atom stereocenters. The second kappa shape index (κ2) is 4.68. The number of rotatable bonds is 3. The van der Waals surface area contributed by atoms with Gasteiger partial charge in [-0.25, -0.2) is 4.79 Å². The van der Waals surface area contributed by atoms with Crippen molar-refractivity contribution >= 4 is 23.1 Å². The molecule has 0 aromatic heterocycles. The Balaban J connectivity index is 2.14. The van der Waals surface area contributed by atoms with Crippen molar-refractivity contribution in [1.29, 1.82) is 0 Å². The van der Waals surface area contributed by atoms with Gasteiger partial charge in [-0.3, -0.25) is 15.5 Å². The zero-order chi connectivity index (χ0) is 14.0. The molecule has 1 aromatic rings. The number of nitro groups is 1. The zero-order valence-corrected chi connectivity index (χ0v) is 10.5. The van der Waals surface area contributed by atoms with Crippen LogP contribution in [0.5, 0.6) is 0 Å². The molecule has 1 heterocycles. The number of carbonyl (C=O) groups excluding carboxylic acids is 1. The summed E-state index contributed by atoms with van der Waals surface area (Å²) in [4.78, 5) is 21.5. The average molecular weight is 263 g/mol. The van der Waals surface area contributed by atoms with Gasteiger partial charge in [-0.05, 0) is 12.1 Å². The van der Waals surface area contributed by atoms with Crippen LogP contribution in [-0.2, 0) is 9.53 Å². The van der Waals surface area contributed by atoms with Gasteiger partial charge in [0.2, 0.25) is 0 Å². The Bertz CT molecular complexity index is 549. The first-order valence-corrected chi connectivity index (χ1v) is 5.66. The first kappa shape index (κ1) is 13.0. The molecule has 0 saturated carbocycles. The van der Waals surface area contributed by atoms with Crippen molar-refractivity contribution in [1.82, 2.24) is 0 Å². The lowest BCUT2D eigenvalue weighted by Gasteiger charge is -2.12. The molecule has 100 valence electrons. The van der Waals surface area contributed by atoms with Gasteiger partial charge in [-0.2, -0.15) is 5.10 Å². The van der Waals surface area contributed by atoms with E-state index < -0.39 is 16.3 Å². The Kier molecular flexibility index (Phi) is 3.20. The predicted octanol–water partition coefficient (Wildman–Crippen LogP) is 1.95. The number of nitrogens with one attached hydrogen (secondary N) is 1. The number of benzene rings is 1. The van der Waals surface area contributed by atoms with Crippen LogP contribution in [0.4, 0.5) is 11.4 Å². The molecule has 0 radical (unpaired) electrons. The molecule has 1 fully saturated rings. The normalized spacial score (nSPS) is 19.3. The van der Waals surface area contributed by atoms with E-state index in [9.17, 15) is 14.9 Å². The third kappa shape index (κ3) is 2.70. The first-order valence-electron chi connectivity index (χ1n) is 5.66. The van der Waals surface area contributed by atoms with Gasteiger partial charge in [0.1, 0.15) is 6.61 Å². The number of anilines is 1. The summed E-state index contributed by atoms with van der Waals surface area (Å²) in [6.45, 7) is 4.01. The fraction of sp³-hybridized carbons (Fsp3) is 0.333. The van der Waals surface area contributed by atoms with E-state index >= 15 is 0 Å². The summed E-state index contributed by atoms with van der Waals surface area (Å²) in [6.07, 6.45) is 0. The summed E-state index contributed by atoms with van der Waals surface area (Å²) in [5, 5.41) is 14.5. The van der Waals surface area contributed by atoms with E-state index in [-0.39, 0.29) is 5.69 Å². The van der Waals surface area contributed by atoms with E-state index in [1.54, 1.807) is 0 Å². The minimum Gasteiger partial charge on any atom is -0.460 e. The first-order chi connectivity index (χ1) is 8.90. The average Bonchev–Trinajstić information content (AvgIpc) is 2.62. The molecule has 1 aliphatic heterocycles. The lowest BCUT2D eigenvalue weighted by Crippen LogP contribution is -2.25. The highest BCUT2D eigenvalue weighted by molar-refractivity contribution is 6.40. The van der Waals surface area contributed by atoms with Gasteiger partial charge in [0, 0.05) is 12.1 Å². The molecular weight excluding hydrogens is 250 g/mol. The SMILES string of the molecule is CC1(C)COC(=O)/C1=N/Nc1ccc([N+](=O)[O-])cc1. The van der Waals surface area contributed by atoms with Crippen molar-refractivity contribution < 1.29 is 14.5 Å². The fourth-order valence-electron chi connectivity index (χ4n) is 1.63. The molecule has 7 nitrogen and oxygen atoms in total. The van der Waals surface area contributed by atoms with Crippen LogP contribution in [-0.4, -0.2) is 23.2 Å². The van der Waals surface area contributed by atoms with E-state index in [4.69, 9.17) is 4.74 Å². The summed E-state index contributed by atoms with van der Waals surface area (Å²) in [5.74, 6) is -0.445. The smallest absolute Gasteiger partial charge is 0.355 e. The molecule has 7 heteroatoms. The van der Waals surface area contributed by atoms with Crippen molar-refractivity contribution in [2.45, 2.75) is 13.8 Å². The third-order valence-corrected chi connectivity index (χ3v) is 2.77. The van der Waals surface area contributed by atoms with Crippen molar-refractivity contribution in [3.63, 3.8) is 0 Å². The van der Waals surface area contributed by atoms with Crippen LogP contribution in [0, 0.1) is 15.5 Å². The van der Waals surface area contributed by atoms with Gasteiger partial charge in [-0.15, -0.1) is 0 Å². The van der Waals surface area contributed by atoms with Crippen molar-refractivity contribution in [3.8, 4) is 0 Å². The second-order valence-electron chi connectivity index (χ2n) is 4.84. The number of non-ortho nitro benzene ring substituents is 1. The lowest BCUT2D eigenvalue weighted by atomic mass is 9.91. The van der Waals surface area contributed by atoms with E-state index in [1.165, 1.54) is 24.3 Å². The van der Waals surface area contributed by atoms with E-state index in [0.29, 0.717) is 18.0 Å². The van der Waals surface area contributed by atoms with Gasteiger partial charge in [-0.1, -0.05) is 13.8 Å². The Morgan fingerprint density at radius 1 is 1.37 bits per heavy atom. The third-order valence-electron chi connectivity index (χ3n) is 2.77. The number of ether oxygens (including phenoxy) is 1. The van der Waals surface area contributed by atoms with Gasteiger partial charge >= 0.3 is 5.97 Å². The van der Waals surface area contributed by atoms with Gasteiger partial charge in [0.25, 0.3) is 5.69 Å². The lowest BCUT2D eigenvalue weighted by molar-refractivity contribution is -0.384. The molecule has 0 amide bonds. The monoisotopic (exact) mass is 263 g/mol. The molecule has 0 aliphatic carbocycles.